The van der Waals surface area contributed by atoms with E-state index in [0.29, 0.717) is 6.04 Å². The lowest BCUT2D eigenvalue weighted by Gasteiger charge is -2.24. The van der Waals surface area contributed by atoms with E-state index in [0.717, 1.165) is 12.5 Å². The highest BCUT2D eigenvalue weighted by Gasteiger charge is 2.13. The van der Waals surface area contributed by atoms with E-state index in [9.17, 15) is 0 Å². The molecule has 18 heavy (non-hydrogen) atoms. The van der Waals surface area contributed by atoms with E-state index in [2.05, 4.69) is 43.1 Å². The van der Waals surface area contributed by atoms with Crippen molar-refractivity contribution in [2.45, 2.75) is 45.6 Å². The van der Waals surface area contributed by atoms with Crippen molar-refractivity contribution in [3.63, 3.8) is 0 Å². The summed E-state index contributed by atoms with van der Waals surface area (Å²) in [5, 5.41) is 3.74. The molecule has 0 spiro atoms. The first-order chi connectivity index (χ1) is 8.58. The van der Waals surface area contributed by atoms with E-state index in [1.807, 2.05) is 0 Å². The van der Waals surface area contributed by atoms with Crippen molar-refractivity contribution in [2.75, 3.05) is 46.8 Å². The average molecular weight is 255 g/mol. The highest BCUT2D eigenvalue weighted by Crippen LogP contribution is 2.08. The molecule has 0 aliphatic carbocycles. The third-order valence-electron chi connectivity index (χ3n) is 3.62. The number of hydrogen-bond acceptors (Lipinski definition) is 3. The zero-order valence-electron chi connectivity index (χ0n) is 12.9. The lowest BCUT2D eigenvalue weighted by Crippen LogP contribution is -2.40. The first-order valence-corrected chi connectivity index (χ1v) is 7.68. The number of likely N-dealkylation sites (N-methyl/N-ethyl adjacent to an activating group) is 1. The van der Waals surface area contributed by atoms with Crippen LogP contribution in [-0.2, 0) is 0 Å². The van der Waals surface area contributed by atoms with Gasteiger partial charge in [-0.3, -0.25) is 0 Å². The molecule has 0 radical (unpaired) electrons. The van der Waals surface area contributed by atoms with E-state index < -0.39 is 0 Å². The molecule has 1 saturated heterocycles. The summed E-state index contributed by atoms with van der Waals surface area (Å²) in [7, 11) is 4.33. The van der Waals surface area contributed by atoms with Crippen LogP contribution in [0.5, 0.6) is 0 Å². The van der Waals surface area contributed by atoms with Crippen LogP contribution in [0, 0.1) is 5.92 Å². The van der Waals surface area contributed by atoms with Gasteiger partial charge >= 0.3 is 0 Å². The normalized spacial score (nSPS) is 19.0. The van der Waals surface area contributed by atoms with Gasteiger partial charge in [0.15, 0.2) is 0 Å². The van der Waals surface area contributed by atoms with Gasteiger partial charge in [-0.25, -0.2) is 0 Å². The molecule has 1 aliphatic heterocycles. The molecule has 3 heteroatoms. The van der Waals surface area contributed by atoms with E-state index in [1.54, 1.807) is 0 Å². The van der Waals surface area contributed by atoms with Crippen molar-refractivity contribution >= 4 is 0 Å². The maximum absolute atomic E-state index is 3.74. The van der Waals surface area contributed by atoms with Crippen molar-refractivity contribution in [3.05, 3.63) is 0 Å². The maximum atomic E-state index is 3.74. The van der Waals surface area contributed by atoms with Crippen molar-refractivity contribution in [1.29, 1.82) is 0 Å². The van der Waals surface area contributed by atoms with Gasteiger partial charge in [0.2, 0.25) is 0 Å². The highest BCUT2D eigenvalue weighted by atomic mass is 15.1. The number of nitrogens with one attached hydrogen (secondary N) is 1. The molecule has 1 atom stereocenters. The van der Waals surface area contributed by atoms with E-state index in [4.69, 9.17) is 0 Å². The fourth-order valence-electron chi connectivity index (χ4n) is 2.85. The smallest absolute Gasteiger partial charge is 0.0197 e. The van der Waals surface area contributed by atoms with E-state index in [-0.39, 0.29) is 0 Å². The summed E-state index contributed by atoms with van der Waals surface area (Å²) in [6.07, 6.45) is 5.39. The molecule has 0 bridgehead atoms. The summed E-state index contributed by atoms with van der Waals surface area (Å²) < 4.78 is 0. The van der Waals surface area contributed by atoms with Gasteiger partial charge < -0.3 is 15.1 Å². The molecule has 1 aliphatic rings. The maximum Gasteiger partial charge on any atom is 0.0197 e. The van der Waals surface area contributed by atoms with Crippen LogP contribution in [0.3, 0.4) is 0 Å². The lowest BCUT2D eigenvalue weighted by atomic mass is 10.0. The third-order valence-corrected chi connectivity index (χ3v) is 3.62. The first-order valence-electron chi connectivity index (χ1n) is 7.68. The van der Waals surface area contributed by atoms with Crippen LogP contribution in [0.1, 0.15) is 39.5 Å². The van der Waals surface area contributed by atoms with Gasteiger partial charge in [0.1, 0.15) is 0 Å². The Morgan fingerprint density at radius 1 is 1.17 bits per heavy atom. The van der Waals surface area contributed by atoms with Crippen LogP contribution in [0.25, 0.3) is 0 Å². The Hall–Kier alpha value is -0.120. The monoisotopic (exact) mass is 255 g/mol. The van der Waals surface area contributed by atoms with Gasteiger partial charge in [0.05, 0.1) is 0 Å². The topological polar surface area (TPSA) is 18.5 Å². The quantitative estimate of drug-likeness (QED) is 0.636. The molecule has 0 aromatic rings. The number of nitrogens with zero attached hydrogens (tertiary/aromatic N) is 2. The minimum atomic E-state index is 0.651. The molecule has 0 saturated carbocycles. The van der Waals surface area contributed by atoms with Gasteiger partial charge in [0.25, 0.3) is 0 Å². The summed E-state index contributed by atoms with van der Waals surface area (Å²) in [6, 6.07) is 0.651. The largest absolute Gasteiger partial charge is 0.313 e. The van der Waals surface area contributed by atoms with Crippen LogP contribution < -0.4 is 5.32 Å². The van der Waals surface area contributed by atoms with Gasteiger partial charge in [0, 0.05) is 12.6 Å². The average Bonchev–Trinajstić information content (AvgIpc) is 2.75. The molecule has 0 aromatic carbocycles. The Labute approximate surface area is 114 Å². The second-order valence-corrected chi connectivity index (χ2v) is 6.45. The lowest BCUT2D eigenvalue weighted by molar-refractivity contribution is 0.291. The molecule has 1 fully saturated rings. The zero-order valence-corrected chi connectivity index (χ0v) is 12.9. The highest BCUT2D eigenvalue weighted by molar-refractivity contribution is 4.72. The molecule has 1 rings (SSSR count). The molecule has 1 heterocycles. The summed E-state index contributed by atoms with van der Waals surface area (Å²) in [6.45, 7) is 10.9. The molecule has 0 aromatic heterocycles. The number of hydrogen-bond donors (Lipinski definition) is 1. The SMILES string of the molecule is CC(C)CC(CN(C)C)NCCCN1CCCC1. The van der Waals surface area contributed by atoms with Gasteiger partial charge in [-0.05, 0) is 71.9 Å². The predicted octanol–water partition coefficient (Wildman–Crippen LogP) is 2.04. The minimum absolute atomic E-state index is 0.651. The van der Waals surface area contributed by atoms with Gasteiger partial charge in [-0.1, -0.05) is 13.8 Å². The van der Waals surface area contributed by atoms with Crippen molar-refractivity contribution in [3.8, 4) is 0 Å². The Bertz CT molecular complexity index is 188. The Kier molecular flexibility index (Phi) is 7.87. The minimum Gasteiger partial charge on any atom is -0.313 e. The Morgan fingerprint density at radius 3 is 2.39 bits per heavy atom. The molecule has 3 nitrogen and oxygen atoms in total. The van der Waals surface area contributed by atoms with Crippen LogP contribution in [-0.4, -0.2) is 62.7 Å². The second-order valence-electron chi connectivity index (χ2n) is 6.45. The summed E-state index contributed by atoms with van der Waals surface area (Å²) in [5.74, 6) is 0.779. The molecular formula is C15H33N3. The molecular weight excluding hydrogens is 222 g/mol. The molecule has 108 valence electrons. The van der Waals surface area contributed by atoms with Crippen LogP contribution in [0.4, 0.5) is 0 Å². The number of rotatable bonds is 9. The standard InChI is InChI=1S/C15H33N3/c1-14(2)12-15(13-17(3)4)16-8-7-11-18-9-5-6-10-18/h14-16H,5-13H2,1-4H3. The molecule has 1 unspecified atom stereocenters. The fourth-order valence-corrected chi connectivity index (χ4v) is 2.85. The zero-order chi connectivity index (χ0) is 13.4. The summed E-state index contributed by atoms with van der Waals surface area (Å²) >= 11 is 0. The van der Waals surface area contributed by atoms with E-state index in [1.165, 1.54) is 51.9 Å². The molecule has 0 amide bonds. The second kappa shape index (κ2) is 8.89. The fraction of sp³-hybridized carbons (Fsp3) is 1.00. The third kappa shape index (κ3) is 7.34. The predicted molar refractivity (Wildman–Crippen MR) is 80.1 cm³/mol. The Balaban J connectivity index is 2.11. The Morgan fingerprint density at radius 2 is 1.83 bits per heavy atom. The summed E-state index contributed by atoms with van der Waals surface area (Å²) in [5.41, 5.74) is 0. The number of likely N-dealkylation sites (tertiary alicyclic amines) is 1. The van der Waals surface area contributed by atoms with Crippen LogP contribution in [0.15, 0.2) is 0 Å². The first kappa shape index (κ1) is 15.9. The van der Waals surface area contributed by atoms with Gasteiger partial charge in [-0.15, -0.1) is 0 Å². The van der Waals surface area contributed by atoms with Crippen molar-refractivity contribution in [2.24, 2.45) is 5.92 Å². The van der Waals surface area contributed by atoms with Crippen LogP contribution in [0.2, 0.25) is 0 Å². The van der Waals surface area contributed by atoms with Crippen molar-refractivity contribution < 1.29 is 0 Å². The van der Waals surface area contributed by atoms with E-state index >= 15 is 0 Å². The van der Waals surface area contributed by atoms with Crippen LogP contribution >= 0.6 is 0 Å². The summed E-state index contributed by atoms with van der Waals surface area (Å²) in [4.78, 5) is 4.89. The molecule has 1 N–H and O–H groups in total. The van der Waals surface area contributed by atoms with Crippen molar-refractivity contribution in [1.82, 2.24) is 15.1 Å². The van der Waals surface area contributed by atoms with Gasteiger partial charge in [-0.2, -0.15) is 0 Å².